The predicted molar refractivity (Wildman–Crippen MR) is 223 cm³/mol. The Kier molecular flexibility index (Phi) is 7.59. The van der Waals surface area contributed by atoms with Gasteiger partial charge < -0.3 is 14.7 Å². The first-order valence-corrected chi connectivity index (χ1v) is 19.8. The minimum absolute atomic E-state index is 0.0707. The fourth-order valence-corrected chi connectivity index (χ4v) is 10.4. The van der Waals surface area contributed by atoms with Crippen molar-refractivity contribution in [3.63, 3.8) is 0 Å². The van der Waals surface area contributed by atoms with Gasteiger partial charge in [-0.3, -0.25) is 0 Å². The first kappa shape index (κ1) is 32.9. The van der Waals surface area contributed by atoms with Gasteiger partial charge in [0, 0.05) is 45.1 Å². The van der Waals surface area contributed by atoms with Crippen molar-refractivity contribution in [1.29, 1.82) is 0 Å². The summed E-state index contributed by atoms with van der Waals surface area (Å²) in [6, 6.07) is 47.2. The second-order valence-corrected chi connectivity index (χ2v) is 15.8. The molecule has 5 heterocycles. The van der Waals surface area contributed by atoms with Crippen LogP contribution in [0.3, 0.4) is 0 Å². The van der Waals surface area contributed by atoms with E-state index in [1.807, 2.05) is 0 Å². The van der Waals surface area contributed by atoms with E-state index in [0.717, 1.165) is 42.0 Å². The maximum atomic E-state index is 5.49. The van der Waals surface area contributed by atoms with Gasteiger partial charge in [0.05, 0.1) is 35.0 Å². The van der Waals surface area contributed by atoms with Gasteiger partial charge in [-0.15, -0.1) is 0 Å². The van der Waals surface area contributed by atoms with Crippen molar-refractivity contribution >= 4 is 39.7 Å². The van der Waals surface area contributed by atoms with Gasteiger partial charge in [0.2, 0.25) is 0 Å². The highest BCUT2D eigenvalue weighted by atomic mass is 15.4. The molecule has 4 atom stereocenters. The van der Waals surface area contributed by atoms with Crippen molar-refractivity contribution in [3.05, 3.63) is 162 Å². The molecule has 4 aliphatic heterocycles. The highest BCUT2D eigenvalue weighted by molar-refractivity contribution is 6.00. The Morgan fingerprint density at radius 2 is 1.24 bits per heavy atom. The van der Waals surface area contributed by atoms with E-state index in [0.29, 0.717) is 5.92 Å². The highest BCUT2D eigenvalue weighted by Gasteiger charge is 2.55. The molecule has 4 unspecified atom stereocenters. The fourth-order valence-electron chi connectivity index (χ4n) is 10.4. The Hall–Kier alpha value is -5.68. The summed E-state index contributed by atoms with van der Waals surface area (Å²) in [7, 11) is 0. The number of anilines is 6. The van der Waals surface area contributed by atoms with E-state index in [1.54, 1.807) is 0 Å². The first-order valence-electron chi connectivity index (χ1n) is 19.8. The summed E-state index contributed by atoms with van der Waals surface area (Å²) < 4.78 is 0. The molecule has 0 bridgehead atoms. The zero-order valence-corrected chi connectivity index (χ0v) is 31.9. The number of aryl methyl sites for hydroxylation is 1. The number of aromatic nitrogens is 2. The third-order valence-corrected chi connectivity index (χ3v) is 13.3. The monoisotopic (exact) mass is 705 g/mol. The Balaban J connectivity index is 1.32. The highest BCUT2D eigenvalue weighted by Crippen LogP contribution is 2.63. The molecule has 6 aromatic rings. The lowest BCUT2D eigenvalue weighted by Crippen LogP contribution is -2.49. The van der Waals surface area contributed by atoms with E-state index < -0.39 is 0 Å². The summed E-state index contributed by atoms with van der Waals surface area (Å²) in [6.07, 6.45) is 5.05. The lowest BCUT2D eigenvalue weighted by Gasteiger charge is -2.48. The molecule has 0 aliphatic carbocycles. The number of benzene rings is 5. The third-order valence-electron chi connectivity index (χ3n) is 13.3. The van der Waals surface area contributed by atoms with Gasteiger partial charge in [-0.25, -0.2) is 9.97 Å². The Morgan fingerprint density at radius 3 is 1.96 bits per heavy atom. The molecule has 1 aromatic heterocycles. The van der Waals surface area contributed by atoms with Crippen LogP contribution < -0.4 is 14.7 Å². The number of rotatable bonds is 4. The van der Waals surface area contributed by atoms with Crippen LogP contribution in [-0.2, 0) is 5.41 Å². The van der Waals surface area contributed by atoms with Gasteiger partial charge in [-0.1, -0.05) is 119 Å². The summed E-state index contributed by atoms with van der Waals surface area (Å²) in [4.78, 5) is 18.6. The van der Waals surface area contributed by atoms with Gasteiger partial charge in [-0.2, -0.15) is 0 Å². The standard InChI is InChI=1S/C49H47N5/c1-6-49(7-2)37-24-14-16-26-39(37)54-41-28-18-17-27-40(41)52(34-20-9-8-10-21-34)48(54)44-42-29-32(4)33(5)46-43(53(42)38-25-15-13-23-36(38)45(44)49)30-50-47(51-46)35-22-12-11-19-31(35)3/h8-28,30,32-33,42,48H,6-7,29H2,1-5H3. The number of allylic oxidation sites excluding steroid dienone is 1. The smallest absolute Gasteiger partial charge is 0.159 e. The fraction of sp³-hybridized carbons (Fsp3) is 0.265. The number of hydrogen-bond donors (Lipinski definition) is 0. The molecule has 0 spiro atoms. The largest absolute Gasteiger partial charge is 0.331 e. The third kappa shape index (κ3) is 4.51. The summed E-state index contributed by atoms with van der Waals surface area (Å²) >= 11 is 0. The molecule has 10 rings (SSSR count). The predicted octanol–water partition coefficient (Wildman–Crippen LogP) is 12.3. The van der Waals surface area contributed by atoms with Crippen LogP contribution in [0.15, 0.2) is 139 Å². The van der Waals surface area contributed by atoms with Gasteiger partial charge in [0.1, 0.15) is 6.17 Å². The van der Waals surface area contributed by atoms with E-state index in [4.69, 9.17) is 9.97 Å². The molecule has 5 nitrogen and oxygen atoms in total. The van der Waals surface area contributed by atoms with Crippen LogP contribution in [0.2, 0.25) is 0 Å². The average Bonchev–Trinajstić information content (AvgIpc) is 3.45. The van der Waals surface area contributed by atoms with E-state index >= 15 is 0 Å². The van der Waals surface area contributed by atoms with E-state index in [9.17, 15) is 0 Å². The molecule has 0 saturated heterocycles. The van der Waals surface area contributed by atoms with Gasteiger partial charge >= 0.3 is 0 Å². The van der Waals surface area contributed by atoms with Crippen LogP contribution >= 0.6 is 0 Å². The van der Waals surface area contributed by atoms with Crippen LogP contribution in [0.1, 0.15) is 75.3 Å². The lowest BCUT2D eigenvalue weighted by molar-refractivity contribution is 0.425. The second-order valence-electron chi connectivity index (χ2n) is 15.8. The van der Waals surface area contributed by atoms with Gasteiger partial charge in [-0.05, 0) is 85.2 Å². The number of hydrogen-bond acceptors (Lipinski definition) is 5. The van der Waals surface area contributed by atoms with Crippen molar-refractivity contribution in [2.45, 2.75) is 77.4 Å². The molecule has 5 heteroatoms. The second kappa shape index (κ2) is 12.4. The zero-order valence-electron chi connectivity index (χ0n) is 31.9. The molecule has 0 amide bonds. The molecule has 0 radical (unpaired) electrons. The first-order chi connectivity index (χ1) is 26.5. The van der Waals surface area contributed by atoms with Crippen molar-refractivity contribution in [2.24, 2.45) is 5.92 Å². The van der Waals surface area contributed by atoms with Gasteiger partial charge in [0.15, 0.2) is 5.82 Å². The lowest BCUT2D eigenvalue weighted by atomic mass is 9.64. The Labute approximate surface area is 319 Å². The number of nitrogens with zero attached hydrogens (tertiary/aromatic N) is 5. The quantitative estimate of drug-likeness (QED) is 0.182. The number of para-hydroxylation sites is 5. The molecule has 268 valence electrons. The molecular weight excluding hydrogens is 659 g/mol. The van der Waals surface area contributed by atoms with Crippen LogP contribution in [0.5, 0.6) is 0 Å². The van der Waals surface area contributed by atoms with Crippen LogP contribution in [0, 0.1) is 12.8 Å². The summed E-state index contributed by atoms with van der Waals surface area (Å²) in [5, 5.41) is 0. The Bertz CT molecular complexity index is 2440. The summed E-state index contributed by atoms with van der Waals surface area (Å²) in [6.45, 7) is 11.8. The summed E-state index contributed by atoms with van der Waals surface area (Å²) in [5.41, 5.74) is 16.3. The van der Waals surface area contributed by atoms with E-state index in [1.165, 1.54) is 56.3 Å². The normalized spacial score (nSPS) is 21.8. The molecular formula is C49H47N5. The zero-order chi connectivity index (χ0) is 36.7. The van der Waals surface area contributed by atoms with Crippen molar-refractivity contribution in [1.82, 2.24) is 9.97 Å². The number of fused-ring (bicyclic) bond motifs is 13. The molecule has 0 fully saturated rings. The van der Waals surface area contributed by atoms with E-state index in [2.05, 4.69) is 183 Å². The van der Waals surface area contributed by atoms with Crippen LogP contribution in [-0.4, -0.2) is 22.2 Å². The van der Waals surface area contributed by atoms with E-state index in [-0.39, 0.29) is 23.5 Å². The maximum Gasteiger partial charge on any atom is 0.159 e. The van der Waals surface area contributed by atoms with Crippen LogP contribution in [0.4, 0.5) is 34.1 Å². The average molecular weight is 706 g/mol. The topological polar surface area (TPSA) is 35.5 Å². The SMILES string of the molecule is CCC1(CC)C2=C(C3CC(C)C(C)c4nc(-c5ccccc5C)ncc4N3c3ccccc32)C2N(c3ccccc3)c3ccccc3N2c2ccccc21. The minimum atomic E-state index is -0.203. The van der Waals surface area contributed by atoms with Crippen molar-refractivity contribution in [2.75, 3.05) is 14.7 Å². The summed E-state index contributed by atoms with van der Waals surface area (Å²) in [5.74, 6) is 1.41. The molecule has 54 heavy (non-hydrogen) atoms. The van der Waals surface area contributed by atoms with Crippen molar-refractivity contribution in [3.8, 4) is 11.4 Å². The molecule has 0 N–H and O–H groups in total. The molecule has 4 aliphatic rings. The molecule has 0 saturated carbocycles. The Morgan fingerprint density at radius 1 is 0.630 bits per heavy atom. The van der Waals surface area contributed by atoms with Crippen LogP contribution in [0.25, 0.3) is 17.0 Å². The van der Waals surface area contributed by atoms with Crippen molar-refractivity contribution < 1.29 is 0 Å². The van der Waals surface area contributed by atoms with Gasteiger partial charge in [0.25, 0.3) is 0 Å². The maximum absolute atomic E-state index is 5.49. The minimum Gasteiger partial charge on any atom is -0.331 e. The molecule has 5 aromatic carbocycles.